The molecule has 8 heterocycles. The van der Waals surface area contributed by atoms with E-state index in [2.05, 4.69) is 72.1 Å². The van der Waals surface area contributed by atoms with Crippen LogP contribution in [0, 0.1) is 0 Å². The van der Waals surface area contributed by atoms with Gasteiger partial charge in [-0.25, -0.2) is 0 Å². The van der Waals surface area contributed by atoms with Gasteiger partial charge < -0.3 is 78.7 Å². The molecule has 8 aliphatic heterocycles. The van der Waals surface area contributed by atoms with E-state index in [9.17, 15) is 40.9 Å². The molecule has 24 heteroatoms. The van der Waals surface area contributed by atoms with Crippen LogP contribution in [0.4, 0.5) is 0 Å². The Morgan fingerprint density at radius 3 is 1.49 bits per heavy atom. The van der Waals surface area contributed by atoms with Gasteiger partial charge in [-0.3, -0.25) is 0 Å². The average Bonchev–Trinajstić information content (AvgIpc) is 3.49. The zero-order valence-electron chi connectivity index (χ0n) is 55.5. The summed E-state index contributed by atoms with van der Waals surface area (Å²) in [5, 5.41) is 77.1. The van der Waals surface area contributed by atoms with E-state index in [0.717, 1.165) is 160 Å². The van der Waals surface area contributed by atoms with Gasteiger partial charge in [0.25, 0.3) is 0 Å². The van der Waals surface area contributed by atoms with Gasteiger partial charge in [0.15, 0.2) is 47.3 Å². The number of ether oxygens (including phenoxy) is 8. The number of fused-ring (bicyclic) bond motifs is 2. The van der Waals surface area contributed by atoms with E-state index in [1.165, 1.54) is 25.7 Å². The van der Waals surface area contributed by atoms with Crippen LogP contribution in [-0.4, -0.2) is 199 Å². The third-order valence-electron chi connectivity index (χ3n) is 19.1. The summed E-state index contributed by atoms with van der Waals surface area (Å²) in [6.07, 6.45) is 28.4. The summed E-state index contributed by atoms with van der Waals surface area (Å²) >= 11 is 0. The molecule has 486 valence electrons. The molecule has 14 atom stereocenters. The fraction of sp³-hybridized carbons (Fsp3) is 1.00. The summed E-state index contributed by atoms with van der Waals surface area (Å²) in [7, 11) is 17.4. The minimum absolute atomic E-state index is 0.00868. The van der Waals surface area contributed by atoms with Crippen molar-refractivity contribution >= 4 is 58.2 Å². The van der Waals surface area contributed by atoms with Crippen LogP contribution in [-0.2, 0) is 37.9 Å². The number of aliphatic hydroxyl groups is 8. The minimum atomic E-state index is -0.954. The van der Waals surface area contributed by atoms with Crippen molar-refractivity contribution in [2.24, 2.45) is 0 Å². The Morgan fingerprint density at radius 1 is 0.372 bits per heavy atom. The second kappa shape index (κ2) is 38.9. The predicted molar refractivity (Wildman–Crippen MR) is 351 cm³/mol. The third kappa shape index (κ3) is 29.0. The molecule has 11 aliphatic rings. The molecule has 16 nitrogen and oxygen atoms in total. The fourth-order valence-electron chi connectivity index (χ4n) is 12.5. The summed E-state index contributed by atoms with van der Waals surface area (Å²) in [5.74, 6) is -3.25. The first-order valence-corrected chi connectivity index (χ1v) is 34.0. The van der Waals surface area contributed by atoms with E-state index in [0.29, 0.717) is 68.9 Å². The first kappa shape index (κ1) is 78.3. The van der Waals surface area contributed by atoms with Gasteiger partial charge in [-0.15, -0.1) is 0 Å². The van der Waals surface area contributed by atoms with Crippen LogP contribution in [0.3, 0.4) is 0 Å². The SMILES string of the molecule is CC1(C)[B]CCCOC1O.CC1(O)C[B]CCCO1.CC1[B]C(C)C(C)(O)OCC1.CC1[B]CC(C)(O)OCC1.CC1[B]CCCOC1(C)O.OC12CCCC1[B]CCCO2.OC12CCCCC1[B]CCCO2.OC1OCCC[B]C12CCCCC2. The first-order chi connectivity index (χ1) is 40.5. The Bertz CT molecular complexity index is 1750. The quantitative estimate of drug-likeness (QED) is 0.105. The molecular formula is C62H118B8O16. The molecule has 0 aromatic carbocycles. The van der Waals surface area contributed by atoms with E-state index in [1.807, 2.05) is 27.7 Å². The average molecular weight is 1210 g/mol. The molecule has 8 N–H and O–H groups in total. The van der Waals surface area contributed by atoms with Crippen molar-refractivity contribution in [2.45, 2.75) is 341 Å². The lowest BCUT2D eigenvalue weighted by molar-refractivity contribution is -0.216. The summed E-state index contributed by atoms with van der Waals surface area (Å²) < 4.78 is 42.3. The van der Waals surface area contributed by atoms with E-state index >= 15 is 0 Å². The zero-order valence-corrected chi connectivity index (χ0v) is 55.5. The van der Waals surface area contributed by atoms with Gasteiger partial charge in [-0.05, 0) is 138 Å². The molecule has 3 saturated carbocycles. The van der Waals surface area contributed by atoms with Crippen LogP contribution in [0.2, 0.25) is 96.1 Å². The summed E-state index contributed by atoms with van der Waals surface area (Å²) in [6.45, 7) is 24.7. The lowest BCUT2D eigenvalue weighted by atomic mass is 9.45. The van der Waals surface area contributed by atoms with Crippen LogP contribution in [0.25, 0.3) is 0 Å². The molecule has 3 aliphatic carbocycles. The van der Waals surface area contributed by atoms with Crippen LogP contribution in [0.15, 0.2) is 0 Å². The largest absolute Gasteiger partial charge is 0.368 e. The Morgan fingerprint density at radius 2 is 0.837 bits per heavy atom. The highest BCUT2D eigenvalue weighted by atomic mass is 16.6. The predicted octanol–water partition coefficient (Wildman–Crippen LogP) is 9.97. The van der Waals surface area contributed by atoms with Gasteiger partial charge >= 0.3 is 0 Å². The Hall–Kier alpha value is -0.121. The second-order valence-electron chi connectivity index (χ2n) is 27.9. The minimum Gasteiger partial charge on any atom is -0.368 e. The molecule has 0 aromatic rings. The van der Waals surface area contributed by atoms with Crippen LogP contribution in [0.1, 0.15) is 198 Å². The van der Waals surface area contributed by atoms with Gasteiger partial charge in [-0.1, -0.05) is 142 Å². The van der Waals surface area contributed by atoms with Crippen LogP contribution < -0.4 is 0 Å². The summed E-state index contributed by atoms with van der Waals surface area (Å²) in [6, 6.07) is 0. The molecule has 11 fully saturated rings. The molecule has 8 saturated heterocycles. The van der Waals surface area contributed by atoms with Crippen LogP contribution >= 0.6 is 0 Å². The second-order valence-corrected chi connectivity index (χ2v) is 27.9. The van der Waals surface area contributed by atoms with Crippen molar-refractivity contribution in [3.63, 3.8) is 0 Å². The maximum Gasteiger partial charge on any atom is 0.161 e. The maximum absolute atomic E-state index is 10.1. The topological polar surface area (TPSA) is 236 Å². The Kier molecular flexibility index (Phi) is 35.4. The van der Waals surface area contributed by atoms with E-state index < -0.39 is 47.3 Å². The Balaban J connectivity index is 0.000000211. The summed E-state index contributed by atoms with van der Waals surface area (Å²) in [4.78, 5) is 0. The van der Waals surface area contributed by atoms with Crippen molar-refractivity contribution in [3.05, 3.63) is 0 Å². The third-order valence-corrected chi connectivity index (χ3v) is 19.1. The number of hydrogen-bond acceptors (Lipinski definition) is 16. The maximum atomic E-state index is 10.1. The lowest BCUT2D eigenvalue weighted by Crippen LogP contribution is -2.40. The van der Waals surface area contributed by atoms with Gasteiger partial charge in [0.1, 0.15) is 58.2 Å². The van der Waals surface area contributed by atoms with Crippen molar-refractivity contribution in [1.29, 1.82) is 0 Å². The van der Waals surface area contributed by atoms with Crippen molar-refractivity contribution in [2.75, 3.05) is 52.9 Å². The van der Waals surface area contributed by atoms with Crippen LogP contribution in [0.5, 0.6) is 0 Å². The number of aliphatic hydroxyl groups excluding tert-OH is 2. The highest BCUT2D eigenvalue weighted by Crippen LogP contribution is 2.48. The molecule has 11 rings (SSSR count). The van der Waals surface area contributed by atoms with Gasteiger partial charge in [0, 0.05) is 65.7 Å². The smallest absolute Gasteiger partial charge is 0.161 e. The highest BCUT2D eigenvalue weighted by Gasteiger charge is 2.44. The van der Waals surface area contributed by atoms with Gasteiger partial charge in [0.05, 0.1) is 0 Å². The fourth-order valence-corrected chi connectivity index (χ4v) is 12.5. The zero-order chi connectivity index (χ0) is 63.4. The molecule has 1 spiro atoms. The number of hydrogen-bond donors (Lipinski definition) is 8. The van der Waals surface area contributed by atoms with E-state index in [-0.39, 0.29) is 22.3 Å². The molecule has 0 aromatic heterocycles. The molecule has 0 amide bonds. The normalized spacial score (nSPS) is 40.1. The monoisotopic (exact) mass is 1210 g/mol. The van der Waals surface area contributed by atoms with E-state index in [4.69, 9.17) is 37.9 Å². The van der Waals surface area contributed by atoms with Gasteiger partial charge in [0.2, 0.25) is 0 Å². The molecular weight excluding hydrogens is 1090 g/mol. The molecule has 8 radical (unpaired) electrons. The Labute approximate surface area is 528 Å². The van der Waals surface area contributed by atoms with E-state index in [1.54, 1.807) is 27.7 Å². The van der Waals surface area contributed by atoms with Crippen molar-refractivity contribution < 1.29 is 78.7 Å². The summed E-state index contributed by atoms with van der Waals surface area (Å²) in [5.41, 5.74) is 0. The van der Waals surface area contributed by atoms with Crippen molar-refractivity contribution in [1.82, 2.24) is 0 Å². The molecule has 0 bridgehead atoms. The van der Waals surface area contributed by atoms with Gasteiger partial charge in [-0.2, -0.15) is 0 Å². The first-order valence-electron chi connectivity index (χ1n) is 34.0. The number of rotatable bonds is 0. The van der Waals surface area contributed by atoms with Crippen molar-refractivity contribution in [3.8, 4) is 0 Å². The molecule has 14 unspecified atom stereocenters. The molecule has 86 heavy (non-hydrogen) atoms. The lowest BCUT2D eigenvalue weighted by Gasteiger charge is -2.39. The highest BCUT2D eigenvalue weighted by molar-refractivity contribution is 6.41. The standard InChI is InChI=1S/C10H18BO2.C9H16BO2.C8H14BO2.C8H16BO2.3C7H14BO2.C6H12BO2/c12-9-10(5-2-1-3-6-10)11-7-4-8-13-9;11-9-5-2-1-4-8(9)10-6-3-7-12-9;10-8-4-1-3-7(8)9-5-2-6-11-8;1-6-4-5-11-8(3,10)7(2)9-6;1-6-3-4-10-7(2,9)5-8-6;1-7(2)6(9)10-5-3-4-8-7;1-6-7(2,9)10-5-3-4-8-6;1-6(8)5-7-3-2-4-9-6/h9,12H,1-8H2;8,11H,1-7H2;7,10H,1-6H2;6-7,10H,4-5H2,1-3H3;3*6,9H,3-5H2,1-2H3;8H,2-5H2,1H3.